The number of anilines is 1. The minimum atomic E-state index is -0.528. The van der Waals surface area contributed by atoms with Gasteiger partial charge in [0.15, 0.2) is 0 Å². The molecule has 0 aliphatic rings. The Bertz CT molecular complexity index is 742. The SMILES string of the molecule is CC(C)(C)OC(=O)NCc1ccccc1NCc1cc(Br)ccc1O. The number of halogens is 1. The second kappa shape index (κ2) is 8.25. The average molecular weight is 407 g/mol. The van der Waals surface area contributed by atoms with Gasteiger partial charge in [-0.1, -0.05) is 34.1 Å². The predicted molar refractivity (Wildman–Crippen MR) is 103 cm³/mol. The van der Waals surface area contributed by atoms with Crippen LogP contribution in [0.5, 0.6) is 5.75 Å². The summed E-state index contributed by atoms with van der Waals surface area (Å²) in [5.74, 6) is 0.236. The summed E-state index contributed by atoms with van der Waals surface area (Å²) in [6.07, 6.45) is -0.452. The first-order chi connectivity index (χ1) is 11.7. The molecule has 2 aromatic carbocycles. The van der Waals surface area contributed by atoms with E-state index in [-0.39, 0.29) is 5.75 Å². The van der Waals surface area contributed by atoms with Crippen LogP contribution in [0.2, 0.25) is 0 Å². The summed E-state index contributed by atoms with van der Waals surface area (Å²) in [5, 5.41) is 16.0. The second-order valence-corrected chi connectivity index (χ2v) is 7.55. The second-order valence-electron chi connectivity index (χ2n) is 6.64. The van der Waals surface area contributed by atoms with Crippen LogP contribution in [0.1, 0.15) is 31.9 Å². The zero-order valence-corrected chi connectivity index (χ0v) is 16.2. The van der Waals surface area contributed by atoms with Crippen molar-refractivity contribution in [2.45, 2.75) is 39.5 Å². The number of alkyl carbamates (subject to hydrolysis) is 1. The Morgan fingerprint density at radius 3 is 2.56 bits per heavy atom. The molecule has 0 bridgehead atoms. The van der Waals surface area contributed by atoms with E-state index in [2.05, 4.69) is 26.6 Å². The van der Waals surface area contributed by atoms with Gasteiger partial charge >= 0.3 is 6.09 Å². The monoisotopic (exact) mass is 406 g/mol. The Morgan fingerprint density at radius 2 is 1.84 bits per heavy atom. The van der Waals surface area contributed by atoms with Crippen molar-refractivity contribution in [1.29, 1.82) is 0 Å². The van der Waals surface area contributed by atoms with Crippen LogP contribution in [0.3, 0.4) is 0 Å². The first-order valence-corrected chi connectivity index (χ1v) is 8.80. The fraction of sp³-hybridized carbons (Fsp3) is 0.316. The van der Waals surface area contributed by atoms with Gasteiger partial charge in [0.2, 0.25) is 0 Å². The number of carbonyl (C=O) groups excluding carboxylic acids is 1. The van der Waals surface area contributed by atoms with Crippen molar-refractivity contribution in [3.8, 4) is 5.75 Å². The number of hydrogen-bond acceptors (Lipinski definition) is 4. The number of benzene rings is 2. The van der Waals surface area contributed by atoms with E-state index in [1.165, 1.54) is 0 Å². The van der Waals surface area contributed by atoms with E-state index in [1.807, 2.05) is 51.1 Å². The highest BCUT2D eigenvalue weighted by atomic mass is 79.9. The highest BCUT2D eigenvalue weighted by molar-refractivity contribution is 9.10. The summed E-state index contributed by atoms with van der Waals surface area (Å²) in [4.78, 5) is 11.8. The number of aromatic hydroxyl groups is 1. The number of rotatable bonds is 5. The number of phenols is 1. The van der Waals surface area contributed by atoms with Crippen LogP contribution < -0.4 is 10.6 Å². The molecule has 2 aromatic rings. The van der Waals surface area contributed by atoms with Gasteiger partial charge in [0, 0.05) is 28.8 Å². The van der Waals surface area contributed by atoms with Gasteiger partial charge in [0.25, 0.3) is 0 Å². The van der Waals surface area contributed by atoms with E-state index in [1.54, 1.807) is 12.1 Å². The highest BCUT2D eigenvalue weighted by Crippen LogP contribution is 2.24. The van der Waals surface area contributed by atoms with E-state index in [0.717, 1.165) is 21.3 Å². The van der Waals surface area contributed by atoms with Gasteiger partial charge in [-0.05, 0) is 50.6 Å². The molecule has 25 heavy (non-hydrogen) atoms. The predicted octanol–water partition coefficient (Wildman–Crippen LogP) is 4.79. The maximum atomic E-state index is 11.8. The number of ether oxygens (including phenoxy) is 1. The molecule has 0 fully saturated rings. The van der Waals surface area contributed by atoms with E-state index in [0.29, 0.717) is 13.1 Å². The standard InChI is InChI=1S/C19H23BrN2O3/c1-19(2,3)25-18(24)22-11-13-6-4-5-7-16(13)21-12-14-10-15(20)8-9-17(14)23/h4-10,21,23H,11-12H2,1-3H3,(H,22,24). The maximum Gasteiger partial charge on any atom is 0.407 e. The number of amides is 1. The summed E-state index contributed by atoms with van der Waals surface area (Å²) in [6, 6.07) is 13.0. The number of nitrogens with one attached hydrogen (secondary N) is 2. The fourth-order valence-electron chi connectivity index (χ4n) is 2.21. The lowest BCUT2D eigenvalue weighted by atomic mass is 10.1. The summed E-state index contributed by atoms with van der Waals surface area (Å²) < 4.78 is 6.15. The Hall–Kier alpha value is -2.21. The van der Waals surface area contributed by atoms with Crippen LogP contribution in [-0.4, -0.2) is 16.8 Å². The fourth-order valence-corrected chi connectivity index (χ4v) is 2.62. The number of para-hydroxylation sites is 1. The van der Waals surface area contributed by atoms with Crippen molar-refractivity contribution < 1.29 is 14.6 Å². The lowest BCUT2D eigenvalue weighted by molar-refractivity contribution is 0.0523. The highest BCUT2D eigenvalue weighted by Gasteiger charge is 2.16. The zero-order valence-electron chi connectivity index (χ0n) is 14.6. The summed E-state index contributed by atoms with van der Waals surface area (Å²) in [6.45, 7) is 6.29. The van der Waals surface area contributed by atoms with Crippen molar-refractivity contribution in [1.82, 2.24) is 5.32 Å². The van der Waals surface area contributed by atoms with Gasteiger partial charge in [-0.15, -0.1) is 0 Å². The molecular formula is C19H23BrN2O3. The molecule has 0 heterocycles. The minimum Gasteiger partial charge on any atom is -0.508 e. The number of phenolic OH excluding ortho intramolecular Hbond substituents is 1. The topological polar surface area (TPSA) is 70.6 Å². The van der Waals surface area contributed by atoms with Gasteiger partial charge in [-0.25, -0.2) is 4.79 Å². The molecule has 6 heteroatoms. The molecule has 0 saturated carbocycles. The van der Waals surface area contributed by atoms with Crippen LogP contribution >= 0.6 is 15.9 Å². The Kier molecular flexibility index (Phi) is 6.31. The van der Waals surface area contributed by atoms with Crippen molar-refractivity contribution in [2.75, 3.05) is 5.32 Å². The van der Waals surface area contributed by atoms with Crippen molar-refractivity contribution in [3.05, 3.63) is 58.1 Å². The first-order valence-electron chi connectivity index (χ1n) is 8.00. The average Bonchev–Trinajstić information content (AvgIpc) is 2.53. The third kappa shape index (κ3) is 6.31. The summed E-state index contributed by atoms with van der Waals surface area (Å²) in [7, 11) is 0. The smallest absolute Gasteiger partial charge is 0.407 e. The van der Waals surface area contributed by atoms with Crippen LogP contribution in [0.25, 0.3) is 0 Å². The molecule has 1 amide bonds. The zero-order chi connectivity index (χ0) is 18.4. The van der Waals surface area contributed by atoms with Crippen molar-refractivity contribution >= 4 is 27.7 Å². The van der Waals surface area contributed by atoms with Gasteiger partial charge in [-0.2, -0.15) is 0 Å². The van der Waals surface area contributed by atoms with Gasteiger partial charge in [0.1, 0.15) is 11.4 Å². The van der Waals surface area contributed by atoms with Crippen molar-refractivity contribution in [3.63, 3.8) is 0 Å². The molecule has 5 nitrogen and oxygen atoms in total. The van der Waals surface area contributed by atoms with E-state index >= 15 is 0 Å². The Balaban J connectivity index is 2.00. The van der Waals surface area contributed by atoms with Crippen LogP contribution in [0, 0.1) is 0 Å². The molecule has 0 saturated heterocycles. The molecule has 2 rings (SSSR count). The Labute approximate surface area is 156 Å². The number of carbonyl (C=O) groups is 1. The normalized spacial score (nSPS) is 11.0. The minimum absolute atomic E-state index is 0.236. The summed E-state index contributed by atoms with van der Waals surface area (Å²) in [5.41, 5.74) is 2.07. The third-order valence-corrected chi connectivity index (χ3v) is 3.84. The molecule has 0 aliphatic heterocycles. The maximum absolute atomic E-state index is 11.8. The summed E-state index contributed by atoms with van der Waals surface area (Å²) >= 11 is 3.40. The van der Waals surface area contributed by atoms with E-state index < -0.39 is 11.7 Å². The molecule has 0 aromatic heterocycles. The molecular weight excluding hydrogens is 384 g/mol. The van der Waals surface area contributed by atoms with E-state index in [4.69, 9.17) is 4.74 Å². The molecule has 0 spiro atoms. The largest absolute Gasteiger partial charge is 0.508 e. The third-order valence-electron chi connectivity index (χ3n) is 3.35. The lowest BCUT2D eigenvalue weighted by Gasteiger charge is -2.20. The lowest BCUT2D eigenvalue weighted by Crippen LogP contribution is -2.32. The van der Waals surface area contributed by atoms with Gasteiger partial charge in [-0.3, -0.25) is 0 Å². The van der Waals surface area contributed by atoms with Gasteiger partial charge in [0.05, 0.1) is 0 Å². The van der Waals surface area contributed by atoms with Gasteiger partial charge < -0.3 is 20.5 Å². The molecule has 3 N–H and O–H groups in total. The Morgan fingerprint density at radius 1 is 1.12 bits per heavy atom. The molecule has 0 atom stereocenters. The molecule has 0 aliphatic carbocycles. The van der Waals surface area contributed by atoms with Crippen molar-refractivity contribution in [2.24, 2.45) is 0 Å². The van der Waals surface area contributed by atoms with Crippen LogP contribution in [0.4, 0.5) is 10.5 Å². The molecule has 134 valence electrons. The molecule has 0 radical (unpaired) electrons. The van der Waals surface area contributed by atoms with Crippen LogP contribution in [-0.2, 0) is 17.8 Å². The first kappa shape index (κ1) is 19.1. The number of hydrogen-bond donors (Lipinski definition) is 3. The van der Waals surface area contributed by atoms with E-state index in [9.17, 15) is 9.90 Å². The quantitative estimate of drug-likeness (QED) is 0.667. The van der Waals surface area contributed by atoms with Crippen LogP contribution in [0.15, 0.2) is 46.9 Å². The molecule has 0 unspecified atom stereocenters.